The molecule has 2 heteroatoms. The predicted molar refractivity (Wildman–Crippen MR) is 64.1 cm³/mol. The number of ether oxygens (including phenoxy) is 1. The lowest BCUT2D eigenvalue weighted by Crippen LogP contribution is -2.10. The SMILES string of the molecule is CC(=O)OCC1C(C)=C(C)c2ccccc21. The van der Waals surface area contributed by atoms with Crippen molar-refractivity contribution in [1.82, 2.24) is 0 Å². The highest BCUT2D eigenvalue weighted by Crippen LogP contribution is 2.41. The number of fused-ring (bicyclic) bond motifs is 1. The van der Waals surface area contributed by atoms with Crippen LogP contribution < -0.4 is 0 Å². The molecule has 0 spiro atoms. The second kappa shape index (κ2) is 4.12. The molecule has 0 fully saturated rings. The Bertz CT molecular complexity index is 458. The fourth-order valence-corrected chi connectivity index (χ4v) is 2.26. The van der Waals surface area contributed by atoms with Crippen molar-refractivity contribution in [2.75, 3.05) is 6.61 Å². The average molecular weight is 216 g/mol. The Labute approximate surface area is 95.9 Å². The summed E-state index contributed by atoms with van der Waals surface area (Å²) in [6.07, 6.45) is 0. The van der Waals surface area contributed by atoms with Crippen molar-refractivity contribution >= 4 is 11.5 Å². The molecule has 0 radical (unpaired) electrons. The second-order valence-corrected chi connectivity index (χ2v) is 4.25. The summed E-state index contributed by atoms with van der Waals surface area (Å²) in [7, 11) is 0. The number of hydrogen-bond donors (Lipinski definition) is 0. The van der Waals surface area contributed by atoms with Gasteiger partial charge in [-0.15, -0.1) is 0 Å². The van der Waals surface area contributed by atoms with Gasteiger partial charge < -0.3 is 4.74 Å². The van der Waals surface area contributed by atoms with Gasteiger partial charge in [-0.3, -0.25) is 4.79 Å². The fourth-order valence-electron chi connectivity index (χ4n) is 2.26. The van der Waals surface area contributed by atoms with Crippen LogP contribution >= 0.6 is 0 Å². The number of carbonyl (C=O) groups excluding carboxylic acids is 1. The van der Waals surface area contributed by atoms with Crippen molar-refractivity contribution < 1.29 is 9.53 Å². The summed E-state index contributed by atoms with van der Waals surface area (Å²) < 4.78 is 5.13. The molecule has 16 heavy (non-hydrogen) atoms. The van der Waals surface area contributed by atoms with Crippen LogP contribution in [0.3, 0.4) is 0 Å². The molecule has 1 aromatic carbocycles. The van der Waals surface area contributed by atoms with Crippen molar-refractivity contribution in [1.29, 1.82) is 0 Å². The van der Waals surface area contributed by atoms with E-state index in [1.54, 1.807) is 0 Å². The van der Waals surface area contributed by atoms with Gasteiger partial charge in [0.1, 0.15) is 6.61 Å². The number of allylic oxidation sites excluding steroid dienone is 1. The van der Waals surface area contributed by atoms with Crippen LogP contribution in [0.25, 0.3) is 5.57 Å². The molecule has 2 nitrogen and oxygen atoms in total. The number of hydrogen-bond acceptors (Lipinski definition) is 2. The van der Waals surface area contributed by atoms with E-state index >= 15 is 0 Å². The summed E-state index contributed by atoms with van der Waals surface area (Å²) >= 11 is 0. The maximum atomic E-state index is 10.9. The molecule has 0 saturated carbocycles. The number of benzene rings is 1. The smallest absolute Gasteiger partial charge is 0.302 e. The molecule has 1 aliphatic carbocycles. The maximum Gasteiger partial charge on any atom is 0.302 e. The van der Waals surface area contributed by atoms with Crippen molar-refractivity contribution in [2.24, 2.45) is 0 Å². The van der Waals surface area contributed by atoms with Gasteiger partial charge in [0.2, 0.25) is 0 Å². The Hall–Kier alpha value is -1.57. The van der Waals surface area contributed by atoms with E-state index in [1.165, 1.54) is 29.2 Å². The monoisotopic (exact) mass is 216 g/mol. The van der Waals surface area contributed by atoms with E-state index in [0.717, 1.165) is 0 Å². The van der Waals surface area contributed by atoms with E-state index in [2.05, 4.69) is 26.0 Å². The summed E-state index contributed by atoms with van der Waals surface area (Å²) in [4.78, 5) is 10.9. The van der Waals surface area contributed by atoms with Crippen LogP contribution in [-0.4, -0.2) is 12.6 Å². The van der Waals surface area contributed by atoms with Gasteiger partial charge in [-0.1, -0.05) is 29.8 Å². The van der Waals surface area contributed by atoms with E-state index in [4.69, 9.17) is 4.74 Å². The topological polar surface area (TPSA) is 26.3 Å². The Morgan fingerprint density at radius 2 is 2.00 bits per heavy atom. The van der Waals surface area contributed by atoms with Gasteiger partial charge >= 0.3 is 5.97 Å². The third-order valence-electron chi connectivity index (χ3n) is 3.31. The van der Waals surface area contributed by atoms with Gasteiger partial charge in [-0.05, 0) is 30.5 Å². The summed E-state index contributed by atoms with van der Waals surface area (Å²) in [6, 6.07) is 8.32. The molecule has 2 rings (SSSR count). The zero-order valence-electron chi connectivity index (χ0n) is 9.91. The standard InChI is InChI=1S/C14H16O2/c1-9-10(2)14(8-16-11(3)15)13-7-5-4-6-12(9)13/h4-7,14H,8H2,1-3H3. The molecule has 0 aromatic heterocycles. The molecule has 0 heterocycles. The molecule has 1 unspecified atom stereocenters. The summed E-state index contributed by atoms with van der Waals surface area (Å²) in [5.74, 6) is 0.0231. The fraction of sp³-hybridized carbons (Fsp3) is 0.357. The molecule has 1 atom stereocenters. The largest absolute Gasteiger partial charge is 0.465 e. The van der Waals surface area contributed by atoms with Crippen molar-refractivity contribution in [3.8, 4) is 0 Å². The molecule has 1 aliphatic rings. The van der Waals surface area contributed by atoms with Gasteiger partial charge in [0, 0.05) is 12.8 Å². The minimum atomic E-state index is -0.213. The molecule has 84 valence electrons. The lowest BCUT2D eigenvalue weighted by molar-refractivity contribution is -0.141. The normalized spacial score (nSPS) is 18.6. The first kappa shape index (κ1) is 10.9. The van der Waals surface area contributed by atoms with Gasteiger partial charge in [0.05, 0.1) is 0 Å². The molecule has 0 bridgehead atoms. The molecular weight excluding hydrogens is 200 g/mol. The Morgan fingerprint density at radius 1 is 1.31 bits per heavy atom. The van der Waals surface area contributed by atoms with E-state index in [1.807, 2.05) is 12.1 Å². The highest BCUT2D eigenvalue weighted by molar-refractivity contribution is 5.77. The zero-order chi connectivity index (χ0) is 11.7. The van der Waals surface area contributed by atoms with Gasteiger partial charge in [-0.2, -0.15) is 0 Å². The first-order valence-electron chi connectivity index (χ1n) is 5.51. The van der Waals surface area contributed by atoms with Crippen LogP contribution in [0.4, 0.5) is 0 Å². The first-order valence-corrected chi connectivity index (χ1v) is 5.51. The van der Waals surface area contributed by atoms with E-state index in [-0.39, 0.29) is 11.9 Å². The third kappa shape index (κ3) is 1.75. The molecule has 1 aromatic rings. The summed E-state index contributed by atoms with van der Waals surface area (Å²) in [5, 5.41) is 0. The molecule has 0 amide bonds. The molecule has 0 aliphatic heterocycles. The third-order valence-corrected chi connectivity index (χ3v) is 3.31. The summed E-state index contributed by atoms with van der Waals surface area (Å²) in [6.45, 7) is 6.15. The lowest BCUT2D eigenvalue weighted by Gasteiger charge is -2.13. The lowest BCUT2D eigenvalue weighted by atomic mass is 9.98. The molecular formula is C14H16O2. The van der Waals surface area contributed by atoms with Crippen LogP contribution in [0.5, 0.6) is 0 Å². The highest BCUT2D eigenvalue weighted by atomic mass is 16.5. The Morgan fingerprint density at radius 3 is 2.69 bits per heavy atom. The van der Waals surface area contributed by atoms with E-state index in [9.17, 15) is 4.79 Å². The average Bonchev–Trinajstić information content (AvgIpc) is 2.50. The first-order chi connectivity index (χ1) is 7.61. The Balaban J connectivity index is 2.30. The van der Waals surface area contributed by atoms with Gasteiger partial charge in [0.15, 0.2) is 0 Å². The number of carbonyl (C=O) groups is 1. The van der Waals surface area contributed by atoms with Gasteiger partial charge in [-0.25, -0.2) is 0 Å². The van der Waals surface area contributed by atoms with Crippen LogP contribution in [0, 0.1) is 0 Å². The van der Waals surface area contributed by atoms with E-state index < -0.39 is 0 Å². The maximum absolute atomic E-state index is 10.9. The minimum absolute atomic E-state index is 0.213. The Kier molecular flexibility index (Phi) is 2.82. The quantitative estimate of drug-likeness (QED) is 0.710. The zero-order valence-corrected chi connectivity index (χ0v) is 9.91. The van der Waals surface area contributed by atoms with Crippen molar-refractivity contribution in [3.05, 3.63) is 41.0 Å². The number of rotatable bonds is 2. The van der Waals surface area contributed by atoms with E-state index in [0.29, 0.717) is 6.61 Å². The molecule has 0 saturated heterocycles. The van der Waals surface area contributed by atoms with Crippen LogP contribution in [0.15, 0.2) is 29.8 Å². The highest BCUT2D eigenvalue weighted by Gasteiger charge is 2.26. The summed E-state index contributed by atoms with van der Waals surface area (Å²) in [5.41, 5.74) is 5.19. The molecule has 0 N–H and O–H groups in total. The second-order valence-electron chi connectivity index (χ2n) is 4.25. The number of esters is 1. The van der Waals surface area contributed by atoms with Crippen molar-refractivity contribution in [2.45, 2.75) is 26.7 Å². The van der Waals surface area contributed by atoms with Crippen LogP contribution in [0.1, 0.15) is 37.8 Å². The predicted octanol–water partition coefficient (Wildman–Crippen LogP) is 3.14. The van der Waals surface area contributed by atoms with Crippen molar-refractivity contribution in [3.63, 3.8) is 0 Å². The van der Waals surface area contributed by atoms with Crippen LogP contribution in [-0.2, 0) is 9.53 Å². The minimum Gasteiger partial charge on any atom is -0.465 e. The van der Waals surface area contributed by atoms with Crippen LogP contribution in [0.2, 0.25) is 0 Å². The van der Waals surface area contributed by atoms with Gasteiger partial charge in [0.25, 0.3) is 0 Å².